The number of aromatic carboxylic acids is 1. The van der Waals surface area contributed by atoms with Crippen LogP contribution in [0.3, 0.4) is 0 Å². The van der Waals surface area contributed by atoms with E-state index in [1.165, 1.54) is 17.7 Å². The number of rotatable bonds is 2. The Bertz CT molecular complexity index is 1720. The second kappa shape index (κ2) is 9.34. The molecule has 0 radical (unpaired) electrons. The highest BCUT2D eigenvalue weighted by Crippen LogP contribution is 2.67. The first-order chi connectivity index (χ1) is 20.0. The van der Waals surface area contributed by atoms with Crippen molar-refractivity contribution in [3.63, 3.8) is 0 Å². The Kier molecular flexibility index (Phi) is 6.01. The number of hydrogen-bond donors (Lipinski definition) is 3. The minimum atomic E-state index is -1.24. The Balaban J connectivity index is 1.29. The number of phenols is 1. The molecule has 0 spiro atoms. The molecule has 0 amide bonds. The number of benzene rings is 2. The first kappa shape index (κ1) is 27.0. The van der Waals surface area contributed by atoms with E-state index in [-0.39, 0.29) is 27.9 Å². The third kappa shape index (κ3) is 3.83. The number of furan rings is 1. The van der Waals surface area contributed by atoms with E-state index in [0.29, 0.717) is 52.9 Å². The van der Waals surface area contributed by atoms with Crippen molar-refractivity contribution >= 4 is 22.7 Å². The highest BCUT2D eigenvalue weighted by atomic mass is 16.4. The van der Waals surface area contributed by atoms with Gasteiger partial charge in [0.05, 0.1) is 5.56 Å². The summed E-state index contributed by atoms with van der Waals surface area (Å²) < 4.78 is 6.15. The molecule has 3 fully saturated rings. The maximum atomic E-state index is 12.3. The van der Waals surface area contributed by atoms with Crippen LogP contribution in [0.5, 0.6) is 5.75 Å². The highest BCUT2D eigenvalue weighted by Gasteiger charge is 2.63. The van der Waals surface area contributed by atoms with Crippen LogP contribution < -0.4 is 0 Å². The van der Waals surface area contributed by atoms with Crippen LogP contribution >= 0.6 is 0 Å². The topological polar surface area (TPSA) is 108 Å². The molecule has 7 rings (SSSR count). The molecule has 1 aromatic heterocycles. The molecule has 3 saturated carbocycles. The molecule has 3 N–H and O–H groups in total. The minimum absolute atomic E-state index is 0.0677. The normalized spacial score (nSPS) is 33.6. The van der Waals surface area contributed by atoms with Gasteiger partial charge in [-0.25, -0.2) is 4.79 Å². The van der Waals surface area contributed by atoms with Gasteiger partial charge in [-0.15, -0.1) is 0 Å². The van der Waals surface area contributed by atoms with E-state index in [2.05, 4.69) is 25.7 Å². The van der Waals surface area contributed by atoms with Crippen LogP contribution in [0.4, 0.5) is 0 Å². The van der Waals surface area contributed by atoms with Crippen molar-refractivity contribution in [3.8, 4) is 28.9 Å². The monoisotopic (exact) mass is 564 g/mol. The molecule has 3 aromatic rings. The van der Waals surface area contributed by atoms with E-state index in [1.807, 2.05) is 36.4 Å². The van der Waals surface area contributed by atoms with Gasteiger partial charge in [0.2, 0.25) is 0 Å². The lowest BCUT2D eigenvalue weighted by molar-refractivity contribution is -0.119. The zero-order valence-electron chi connectivity index (χ0n) is 24.1. The van der Waals surface area contributed by atoms with Crippen molar-refractivity contribution in [2.45, 2.75) is 70.8 Å². The van der Waals surface area contributed by atoms with E-state index in [4.69, 9.17) is 4.42 Å². The summed E-state index contributed by atoms with van der Waals surface area (Å²) in [6, 6.07) is 12.2. The van der Waals surface area contributed by atoms with Crippen LogP contribution in [0, 0.1) is 40.4 Å². The molecule has 216 valence electrons. The van der Waals surface area contributed by atoms with Gasteiger partial charge in [-0.1, -0.05) is 61.6 Å². The fraction of sp³-hybridized carbons (Fsp3) is 0.444. The predicted molar refractivity (Wildman–Crippen MR) is 159 cm³/mol. The number of fused-ring (bicyclic) bond motifs is 6. The number of carbonyl (C=O) groups is 2. The summed E-state index contributed by atoms with van der Waals surface area (Å²) in [4.78, 5) is 24.0. The van der Waals surface area contributed by atoms with Gasteiger partial charge >= 0.3 is 5.97 Å². The van der Waals surface area contributed by atoms with Gasteiger partial charge in [-0.05, 0) is 80.3 Å². The summed E-state index contributed by atoms with van der Waals surface area (Å²) in [5.41, 5.74) is 1.24. The Morgan fingerprint density at radius 3 is 2.52 bits per heavy atom. The lowest BCUT2D eigenvalue weighted by Crippen LogP contribution is -2.54. The summed E-state index contributed by atoms with van der Waals surface area (Å²) in [5, 5.41) is 32.8. The molecule has 0 unspecified atom stereocenters. The van der Waals surface area contributed by atoms with Crippen molar-refractivity contribution in [1.82, 2.24) is 0 Å². The number of carbonyl (C=O) groups excluding carboxylic acids is 1. The third-order valence-corrected chi connectivity index (χ3v) is 11.6. The molecule has 0 saturated heterocycles. The van der Waals surface area contributed by atoms with E-state index in [0.717, 1.165) is 44.1 Å². The Morgan fingerprint density at radius 1 is 1.00 bits per heavy atom. The molecular weight excluding hydrogens is 528 g/mol. The highest BCUT2D eigenvalue weighted by molar-refractivity contribution is 6.00. The van der Waals surface area contributed by atoms with Gasteiger partial charge in [0.15, 0.2) is 11.5 Å². The quantitative estimate of drug-likeness (QED) is 0.286. The van der Waals surface area contributed by atoms with Gasteiger partial charge in [0.25, 0.3) is 0 Å². The number of allylic oxidation sites excluding steroid dienone is 1. The summed E-state index contributed by atoms with van der Waals surface area (Å²) >= 11 is 0. The number of ketones is 1. The molecule has 6 nitrogen and oxygen atoms in total. The van der Waals surface area contributed by atoms with Crippen LogP contribution in [0.2, 0.25) is 0 Å². The molecule has 4 aliphatic carbocycles. The maximum absolute atomic E-state index is 12.3. The molecule has 2 aromatic carbocycles. The second-order valence-electron chi connectivity index (χ2n) is 13.4. The summed E-state index contributed by atoms with van der Waals surface area (Å²) in [6.45, 7) is 4.57. The molecule has 0 bridgehead atoms. The first-order valence-corrected chi connectivity index (χ1v) is 15.1. The molecule has 4 aliphatic rings. The maximum Gasteiger partial charge on any atom is 0.339 e. The molecule has 0 aliphatic heterocycles. The molecule has 6 heteroatoms. The van der Waals surface area contributed by atoms with Crippen molar-refractivity contribution in [1.29, 1.82) is 0 Å². The lowest BCUT2D eigenvalue weighted by Gasteiger charge is -2.58. The molecule has 42 heavy (non-hydrogen) atoms. The Hall–Kier alpha value is -3.82. The van der Waals surface area contributed by atoms with E-state index < -0.39 is 11.6 Å². The van der Waals surface area contributed by atoms with Crippen LogP contribution in [0.1, 0.15) is 81.1 Å². The van der Waals surface area contributed by atoms with E-state index >= 15 is 0 Å². The van der Waals surface area contributed by atoms with Crippen LogP contribution in [0.25, 0.3) is 22.3 Å². The largest absolute Gasteiger partial charge is 0.507 e. The summed E-state index contributed by atoms with van der Waals surface area (Å²) in [5.74, 6) is 7.08. The first-order valence-electron chi connectivity index (χ1n) is 15.1. The van der Waals surface area contributed by atoms with Gasteiger partial charge < -0.3 is 19.7 Å². The van der Waals surface area contributed by atoms with Crippen molar-refractivity contribution in [3.05, 3.63) is 65.2 Å². The molecular formula is C36H36O6. The SMILES string of the molecule is C[C@@]12CCC(=O)C=C1CC[C@H]1[C@H]2CC[C@]2(C)[C@@H]1CC[C@]2(O)C#Cc1c(-c2ccccc2)oc2cc(O)c(C(=O)O)cc12. The van der Waals surface area contributed by atoms with Crippen LogP contribution in [0.15, 0.2) is 58.5 Å². The molecule has 1 heterocycles. The Morgan fingerprint density at radius 2 is 1.76 bits per heavy atom. The third-order valence-electron chi connectivity index (χ3n) is 11.6. The molecule has 6 atom stereocenters. The van der Waals surface area contributed by atoms with Gasteiger partial charge in [0, 0.05) is 28.9 Å². The van der Waals surface area contributed by atoms with Crippen molar-refractivity contribution < 1.29 is 29.3 Å². The summed E-state index contributed by atoms with van der Waals surface area (Å²) in [6.07, 6.45) is 8.87. The average molecular weight is 565 g/mol. The fourth-order valence-electron chi connectivity index (χ4n) is 9.17. The van der Waals surface area contributed by atoms with Crippen molar-refractivity contribution in [2.75, 3.05) is 0 Å². The van der Waals surface area contributed by atoms with Crippen molar-refractivity contribution in [2.24, 2.45) is 28.6 Å². The average Bonchev–Trinajstić information content (AvgIpc) is 3.46. The number of hydrogen-bond acceptors (Lipinski definition) is 5. The van der Waals surface area contributed by atoms with Gasteiger partial charge in [-0.3, -0.25) is 4.79 Å². The van der Waals surface area contributed by atoms with Crippen LogP contribution in [-0.2, 0) is 4.79 Å². The van der Waals surface area contributed by atoms with Gasteiger partial charge in [0.1, 0.15) is 22.5 Å². The lowest BCUT2D eigenvalue weighted by atomic mass is 9.46. The van der Waals surface area contributed by atoms with Crippen LogP contribution in [-0.4, -0.2) is 32.7 Å². The van der Waals surface area contributed by atoms with E-state index in [1.54, 1.807) is 0 Å². The number of aromatic hydroxyl groups is 1. The standard InChI is InChI=1S/C36H36O6/c1-34-14-10-23(37)18-22(34)8-9-25-28(34)12-15-35(2)29(25)13-17-36(35,41)16-11-24-26-19-27(33(39)40)30(38)20-31(26)42-32(24)21-6-4-3-5-7-21/h3-7,18-20,25,28-29,38,41H,8-10,12-15,17H2,1-2H3,(H,39,40)/t25-,28+,29+,34+,35+,36+/m0/s1. The minimum Gasteiger partial charge on any atom is -0.507 e. The Labute approximate surface area is 245 Å². The second-order valence-corrected chi connectivity index (χ2v) is 13.4. The predicted octanol–water partition coefficient (Wildman–Crippen LogP) is 7.12. The zero-order chi connectivity index (χ0) is 29.4. The summed E-state index contributed by atoms with van der Waals surface area (Å²) in [7, 11) is 0. The smallest absolute Gasteiger partial charge is 0.339 e. The van der Waals surface area contributed by atoms with E-state index in [9.17, 15) is 24.9 Å². The number of carboxylic acid groups (broad SMARTS) is 1. The number of aliphatic hydroxyl groups is 1. The zero-order valence-corrected chi connectivity index (χ0v) is 24.1. The van der Waals surface area contributed by atoms with Gasteiger partial charge in [-0.2, -0.15) is 0 Å². The fourth-order valence-corrected chi connectivity index (χ4v) is 9.17. The number of carboxylic acids is 1.